The van der Waals surface area contributed by atoms with Crippen molar-refractivity contribution in [3.05, 3.63) is 42.0 Å². The van der Waals surface area contributed by atoms with E-state index >= 15 is 0 Å². The molecule has 0 radical (unpaired) electrons. The maximum absolute atomic E-state index is 11.7. The highest BCUT2D eigenvalue weighted by molar-refractivity contribution is 5.95. The summed E-state index contributed by atoms with van der Waals surface area (Å²) in [7, 11) is 0. The molecule has 1 rings (SSSR count). The molecule has 1 unspecified atom stereocenters. The largest absolute Gasteiger partial charge is 0.324 e. The van der Waals surface area contributed by atoms with E-state index < -0.39 is 6.04 Å². The van der Waals surface area contributed by atoms with Crippen LogP contribution in [0.15, 0.2) is 30.9 Å². The van der Waals surface area contributed by atoms with Gasteiger partial charge in [0.1, 0.15) is 0 Å². The summed E-state index contributed by atoms with van der Waals surface area (Å²) in [4.78, 5) is 11.7. The zero-order chi connectivity index (χ0) is 12.1. The van der Waals surface area contributed by atoms with Gasteiger partial charge in [0.05, 0.1) is 6.04 Å². The molecule has 0 aliphatic heterocycles. The van der Waals surface area contributed by atoms with E-state index in [0.717, 1.165) is 16.8 Å². The third-order valence-electron chi connectivity index (χ3n) is 2.41. The van der Waals surface area contributed by atoms with E-state index in [0.29, 0.717) is 6.42 Å². The number of benzene rings is 1. The molecule has 0 saturated carbocycles. The number of carbonyl (C=O) groups is 1. The number of anilines is 1. The first-order valence-corrected chi connectivity index (χ1v) is 5.29. The van der Waals surface area contributed by atoms with Crippen LogP contribution in [0.1, 0.15) is 17.5 Å². The lowest BCUT2D eigenvalue weighted by Gasteiger charge is -2.12. The van der Waals surface area contributed by atoms with E-state index in [1.165, 1.54) is 0 Å². The number of rotatable bonds is 4. The maximum atomic E-state index is 11.7. The average Bonchev–Trinajstić information content (AvgIpc) is 2.23. The van der Waals surface area contributed by atoms with Crippen molar-refractivity contribution in [2.45, 2.75) is 26.3 Å². The van der Waals surface area contributed by atoms with E-state index in [4.69, 9.17) is 5.73 Å². The van der Waals surface area contributed by atoms with Crippen LogP contribution in [0.25, 0.3) is 0 Å². The topological polar surface area (TPSA) is 55.1 Å². The minimum atomic E-state index is -0.530. The number of nitrogens with one attached hydrogen (secondary N) is 1. The van der Waals surface area contributed by atoms with E-state index in [2.05, 4.69) is 11.9 Å². The highest BCUT2D eigenvalue weighted by Crippen LogP contribution is 2.16. The zero-order valence-corrected chi connectivity index (χ0v) is 9.79. The van der Waals surface area contributed by atoms with Crippen LogP contribution in [-0.2, 0) is 4.79 Å². The number of carbonyl (C=O) groups excluding carboxylic acids is 1. The standard InChI is InChI=1S/C13H18N2O/c1-4-5-11(14)13(16)15-12-8-9(2)6-7-10(12)3/h4,6-8,11H,1,5,14H2,2-3H3,(H,15,16). The second-order valence-corrected chi connectivity index (χ2v) is 3.94. The summed E-state index contributed by atoms with van der Waals surface area (Å²) < 4.78 is 0. The molecule has 0 heterocycles. The molecular weight excluding hydrogens is 200 g/mol. The molecule has 3 heteroatoms. The fourth-order valence-electron chi connectivity index (χ4n) is 1.38. The molecular formula is C13H18N2O. The first-order valence-electron chi connectivity index (χ1n) is 5.29. The number of aryl methyl sites for hydroxylation is 2. The monoisotopic (exact) mass is 218 g/mol. The van der Waals surface area contributed by atoms with Gasteiger partial charge in [-0.05, 0) is 37.5 Å². The molecule has 0 spiro atoms. The molecule has 0 aliphatic carbocycles. The lowest BCUT2D eigenvalue weighted by molar-refractivity contribution is -0.117. The van der Waals surface area contributed by atoms with Crippen LogP contribution >= 0.6 is 0 Å². The Morgan fingerprint density at radius 3 is 2.88 bits per heavy atom. The van der Waals surface area contributed by atoms with Gasteiger partial charge in [0.25, 0.3) is 0 Å². The predicted octanol–water partition coefficient (Wildman–Crippen LogP) is 2.15. The Morgan fingerprint density at radius 1 is 1.56 bits per heavy atom. The van der Waals surface area contributed by atoms with E-state index in [-0.39, 0.29) is 5.91 Å². The molecule has 3 N–H and O–H groups in total. The quantitative estimate of drug-likeness (QED) is 0.761. The highest BCUT2D eigenvalue weighted by atomic mass is 16.2. The van der Waals surface area contributed by atoms with Gasteiger partial charge in [-0.2, -0.15) is 0 Å². The molecule has 3 nitrogen and oxygen atoms in total. The van der Waals surface area contributed by atoms with Gasteiger partial charge in [-0.1, -0.05) is 18.2 Å². The first-order chi connectivity index (χ1) is 7.54. The van der Waals surface area contributed by atoms with Gasteiger partial charge < -0.3 is 11.1 Å². The molecule has 1 amide bonds. The molecule has 86 valence electrons. The van der Waals surface area contributed by atoms with Crippen molar-refractivity contribution in [2.24, 2.45) is 5.73 Å². The van der Waals surface area contributed by atoms with Gasteiger partial charge in [0.15, 0.2) is 0 Å². The Morgan fingerprint density at radius 2 is 2.25 bits per heavy atom. The third kappa shape index (κ3) is 3.21. The smallest absolute Gasteiger partial charge is 0.241 e. The first kappa shape index (κ1) is 12.5. The van der Waals surface area contributed by atoms with Crippen LogP contribution in [0.5, 0.6) is 0 Å². The van der Waals surface area contributed by atoms with Crippen molar-refractivity contribution in [2.75, 3.05) is 5.32 Å². The van der Waals surface area contributed by atoms with Crippen molar-refractivity contribution >= 4 is 11.6 Å². The average molecular weight is 218 g/mol. The SMILES string of the molecule is C=CCC(N)C(=O)Nc1cc(C)ccc1C. The molecule has 0 saturated heterocycles. The van der Waals surface area contributed by atoms with Gasteiger partial charge in [-0.15, -0.1) is 6.58 Å². The van der Waals surface area contributed by atoms with Crippen molar-refractivity contribution in [3.63, 3.8) is 0 Å². The van der Waals surface area contributed by atoms with Crippen LogP contribution in [-0.4, -0.2) is 11.9 Å². The van der Waals surface area contributed by atoms with E-state index in [1.807, 2.05) is 32.0 Å². The molecule has 16 heavy (non-hydrogen) atoms. The second kappa shape index (κ2) is 5.47. The molecule has 0 aliphatic rings. The molecule has 0 fully saturated rings. The van der Waals surface area contributed by atoms with Crippen LogP contribution in [0.3, 0.4) is 0 Å². The third-order valence-corrected chi connectivity index (χ3v) is 2.41. The van der Waals surface area contributed by atoms with Crippen molar-refractivity contribution in [3.8, 4) is 0 Å². The van der Waals surface area contributed by atoms with Crippen molar-refractivity contribution < 1.29 is 4.79 Å². The number of hydrogen-bond donors (Lipinski definition) is 2. The summed E-state index contributed by atoms with van der Waals surface area (Å²) in [6.45, 7) is 7.50. The normalized spacial score (nSPS) is 11.9. The summed E-state index contributed by atoms with van der Waals surface area (Å²) in [6, 6.07) is 5.39. The lowest BCUT2D eigenvalue weighted by atomic mass is 10.1. The van der Waals surface area contributed by atoms with Crippen molar-refractivity contribution in [1.82, 2.24) is 0 Å². The fourth-order valence-corrected chi connectivity index (χ4v) is 1.38. The number of hydrogen-bond acceptors (Lipinski definition) is 2. The summed E-state index contributed by atoms with van der Waals surface area (Å²) in [5.41, 5.74) is 8.65. The van der Waals surface area contributed by atoms with E-state index in [9.17, 15) is 4.79 Å². The van der Waals surface area contributed by atoms with Gasteiger partial charge in [-0.25, -0.2) is 0 Å². The van der Waals surface area contributed by atoms with E-state index in [1.54, 1.807) is 6.08 Å². The molecule has 1 aromatic carbocycles. The summed E-state index contributed by atoms with van der Waals surface area (Å²) in [6.07, 6.45) is 2.13. The minimum absolute atomic E-state index is 0.173. The minimum Gasteiger partial charge on any atom is -0.324 e. The van der Waals surface area contributed by atoms with Crippen molar-refractivity contribution in [1.29, 1.82) is 0 Å². The molecule has 1 atom stereocenters. The van der Waals surface area contributed by atoms with Crippen LogP contribution in [0.4, 0.5) is 5.69 Å². The Labute approximate surface area is 96.3 Å². The fraction of sp³-hybridized carbons (Fsp3) is 0.308. The summed E-state index contributed by atoms with van der Waals surface area (Å²) in [5.74, 6) is -0.173. The van der Waals surface area contributed by atoms with Gasteiger partial charge >= 0.3 is 0 Å². The highest BCUT2D eigenvalue weighted by Gasteiger charge is 2.12. The van der Waals surface area contributed by atoms with Gasteiger partial charge in [0, 0.05) is 5.69 Å². The lowest BCUT2D eigenvalue weighted by Crippen LogP contribution is -2.35. The Balaban J connectivity index is 2.76. The summed E-state index contributed by atoms with van der Waals surface area (Å²) >= 11 is 0. The molecule has 1 aromatic rings. The second-order valence-electron chi connectivity index (χ2n) is 3.94. The van der Waals surface area contributed by atoms with Crippen LogP contribution < -0.4 is 11.1 Å². The Hall–Kier alpha value is -1.61. The van der Waals surface area contributed by atoms with Crippen LogP contribution in [0.2, 0.25) is 0 Å². The number of amides is 1. The molecule has 0 aromatic heterocycles. The van der Waals surface area contributed by atoms with Crippen LogP contribution in [0, 0.1) is 13.8 Å². The summed E-state index contributed by atoms with van der Waals surface area (Å²) in [5, 5.41) is 2.82. The maximum Gasteiger partial charge on any atom is 0.241 e. The van der Waals surface area contributed by atoms with Gasteiger partial charge in [-0.3, -0.25) is 4.79 Å². The predicted molar refractivity (Wildman–Crippen MR) is 67.3 cm³/mol. The Bertz CT molecular complexity index is 399. The Kier molecular flexibility index (Phi) is 4.26. The zero-order valence-electron chi connectivity index (χ0n) is 9.79. The number of nitrogens with two attached hydrogens (primary N) is 1. The molecule has 0 bridgehead atoms. The van der Waals surface area contributed by atoms with Gasteiger partial charge in [0.2, 0.25) is 5.91 Å².